The molecule has 0 aliphatic heterocycles. The summed E-state index contributed by atoms with van der Waals surface area (Å²) in [5.74, 6) is 1.30. The van der Waals surface area contributed by atoms with Gasteiger partial charge < -0.3 is 5.73 Å². The first-order valence-corrected chi connectivity index (χ1v) is 5.89. The van der Waals surface area contributed by atoms with Gasteiger partial charge in [0.1, 0.15) is 5.82 Å². The lowest BCUT2D eigenvalue weighted by Crippen LogP contribution is -2.17. The second-order valence-electron chi connectivity index (χ2n) is 5.29. The van der Waals surface area contributed by atoms with Crippen molar-refractivity contribution < 1.29 is 0 Å². The first-order valence-electron chi connectivity index (χ1n) is 5.89. The van der Waals surface area contributed by atoms with Crippen LogP contribution in [0.15, 0.2) is 0 Å². The first-order chi connectivity index (χ1) is 7.06. The molecule has 3 N–H and O–H groups in total. The summed E-state index contributed by atoms with van der Waals surface area (Å²) in [6.07, 6.45) is 4.87. The van der Waals surface area contributed by atoms with Crippen molar-refractivity contribution in [2.75, 3.05) is 5.73 Å². The summed E-state index contributed by atoms with van der Waals surface area (Å²) in [5, 5.41) is 7.30. The molecule has 1 aromatic rings. The van der Waals surface area contributed by atoms with E-state index < -0.39 is 0 Å². The van der Waals surface area contributed by atoms with Crippen molar-refractivity contribution in [1.29, 1.82) is 0 Å². The van der Waals surface area contributed by atoms with E-state index >= 15 is 0 Å². The number of rotatable bonds is 2. The van der Waals surface area contributed by atoms with Gasteiger partial charge in [-0.2, -0.15) is 5.10 Å². The molecule has 84 valence electrons. The smallest absolute Gasteiger partial charge is 0.148 e. The normalized spacial score (nSPS) is 24.6. The number of nitrogens with one attached hydrogen (secondary N) is 1. The molecule has 1 fully saturated rings. The van der Waals surface area contributed by atoms with Crippen molar-refractivity contribution in [3.05, 3.63) is 11.3 Å². The van der Waals surface area contributed by atoms with Crippen LogP contribution in [0.5, 0.6) is 0 Å². The van der Waals surface area contributed by atoms with Crippen molar-refractivity contribution in [3.8, 4) is 0 Å². The summed E-state index contributed by atoms with van der Waals surface area (Å²) in [5.41, 5.74) is 8.78. The molecule has 0 radical (unpaired) electrons. The van der Waals surface area contributed by atoms with Crippen LogP contribution in [0.4, 0.5) is 5.82 Å². The molecule has 0 spiro atoms. The minimum absolute atomic E-state index is 0.392. The van der Waals surface area contributed by atoms with Gasteiger partial charge in [-0.25, -0.2) is 0 Å². The summed E-state index contributed by atoms with van der Waals surface area (Å²) in [7, 11) is 0. The van der Waals surface area contributed by atoms with E-state index in [0.29, 0.717) is 17.2 Å². The van der Waals surface area contributed by atoms with Gasteiger partial charge >= 0.3 is 0 Å². The van der Waals surface area contributed by atoms with Crippen LogP contribution in [-0.4, -0.2) is 10.2 Å². The maximum atomic E-state index is 5.87. The lowest BCUT2D eigenvalue weighted by molar-refractivity contribution is 0.326. The Labute approximate surface area is 91.4 Å². The third-order valence-corrected chi connectivity index (χ3v) is 3.89. The van der Waals surface area contributed by atoms with Crippen LogP contribution in [0.3, 0.4) is 0 Å². The molecule has 1 atom stereocenters. The van der Waals surface area contributed by atoms with E-state index in [-0.39, 0.29) is 0 Å². The Morgan fingerprint density at radius 3 is 2.80 bits per heavy atom. The van der Waals surface area contributed by atoms with E-state index in [1.54, 1.807) is 0 Å². The molecule has 1 saturated carbocycles. The Morgan fingerprint density at radius 1 is 1.53 bits per heavy atom. The molecule has 2 rings (SSSR count). The van der Waals surface area contributed by atoms with Gasteiger partial charge in [0.05, 0.1) is 0 Å². The molecule has 0 saturated heterocycles. The zero-order chi connectivity index (χ0) is 11.1. The Kier molecular flexibility index (Phi) is 2.49. The van der Waals surface area contributed by atoms with Crippen LogP contribution < -0.4 is 5.73 Å². The van der Waals surface area contributed by atoms with Gasteiger partial charge in [-0.1, -0.05) is 27.2 Å². The van der Waals surface area contributed by atoms with Crippen LogP contribution in [-0.2, 0) is 6.42 Å². The molecule has 3 nitrogen and oxygen atoms in total. The summed E-state index contributed by atoms with van der Waals surface area (Å²) >= 11 is 0. The van der Waals surface area contributed by atoms with E-state index in [1.807, 2.05) is 0 Å². The fraction of sp³-hybridized carbons (Fsp3) is 0.750. The van der Waals surface area contributed by atoms with E-state index in [0.717, 1.165) is 6.42 Å². The van der Waals surface area contributed by atoms with E-state index in [1.165, 1.54) is 30.5 Å². The number of nitrogens with zero attached hydrogens (tertiary/aromatic N) is 1. The fourth-order valence-electron chi connectivity index (χ4n) is 2.92. The van der Waals surface area contributed by atoms with Crippen molar-refractivity contribution in [1.82, 2.24) is 10.2 Å². The Morgan fingerprint density at radius 2 is 2.27 bits per heavy atom. The quantitative estimate of drug-likeness (QED) is 0.783. The van der Waals surface area contributed by atoms with Gasteiger partial charge in [0, 0.05) is 17.2 Å². The van der Waals surface area contributed by atoms with Crippen LogP contribution in [0.25, 0.3) is 0 Å². The molecular formula is C12H21N3. The molecule has 0 bridgehead atoms. The predicted octanol–water partition coefficient (Wildman–Crippen LogP) is 2.85. The number of nitrogen functional groups attached to an aromatic ring is 1. The monoisotopic (exact) mass is 207 g/mol. The molecular weight excluding hydrogens is 186 g/mol. The molecule has 0 amide bonds. The van der Waals surface area contributed by atoms with Crippen molar-refractivity contribution >= 4 is 5.82 Å². The molecule has 1 aromatic heterocycles. The number of aromatic amines is 1. The van der Waals surface area contributed by atoms with E-state index in [2.05, 4.69) is 31.0 Å². The van der Waals surface area contributed by atoms with Gasteiger partial charge in [-0.05, 0) is 24.7 Å². The van der Waals surface area contributed by atoms with Gasteiger partial charge in [0.15, 0.2) is 0 Å². The van der Waals surface area contributed by atoms with E-state index in [4.69, 9.17) is 5.73 Å². The highest BCUT2D eigenvalue weighted by Gasteiger charge is 2.37. The van der Waals surface area contributed by atoms with Gasteiger partial charge in [0.25, 0.3) is 0 Å². The summed E-state index contributed by atoms with van der Waals surface area (Å²) in [4.78, 5) is 0. The summed E-state index contributed by atoms with van der Waals surface area (Å²) < 4.78 is 0. The Hall–Kier alpha value is -0.990. The zero-order valence-corrected chi connectivity index (χ0v) is 9.93. The number of anilines is 1. The molecule has 3 heteroatoms. The maximum absolute atomic E-state index is 5.87. The SMILES string of the molecule is CCc1c(N)n[nH]c1C1CCCC1(C)C. The standard InChI is InChI=1S/C12H21N3/c1-4-8-10(14-15-11(8)13)9-6-5-7-12(9,2)3/h9H,4-7H2,1-3H3,(H3,13,14,15). The van der Waals surface area contributed by atoms with Crippen LogP contribution >= 0.6 is 0 Å². The van der Waals surface area contributed by atoms with Gasteiger partial charge in [-0.3, -0.25) is 5.10 Å². The molecule has 1 aliphatic rings. The Bertz CT molecular complexity index is 352. The number of H-pyrrole nitrogens is 1. The van der Waals surface area contributed by atoms with Gasteiger partial charge in [-0.15, -0.1) is 0 Å². The van der Waals surface area contributed by atoms with Crippen molar-refractivity contribution in [2.24, 2.45) is 5.41 Å². The highest BCUT2D eigenvalue weighted by molar-refractivity contribution is 5.44. The van der Waals surface area contributed by atoms with Crippen LogP contribution in [0.2, 0.25) is 0 Å². The fourth-order valence-corrected chi connectivity index (χ4v) is 2.92. The third kappa shape index (κ3) is 1.64. The lowest BCUT2D eigenvalue weighted by atomic mass is 9.79. The van der Waals surface area contributed by atoms with Crippen LogP contribution in [0, 0.1) is 5.41 Å². The third-order valence-electron chi connectivity index (χ3n) is 3.89. The number of nitrogens with two attached hydrogens (primary N) is 1. The number of aromatic nitrogens is 2. The van der Waals surface area contributed by atoms with Crippen molar-refractivity contribution in [2.45, 2.75) is 52.4 Å². The van der Waals surface area contributed by atoms with Crippen molar-refractivity contribution in [3.63, 3.8) is 0 Å². The predicted molar refractivity (Wildman–Crippen MR) is 62.8 cm³/mol. The summed E-state index contributed by atoms with van der Waals surface area (Å²) in [6.45, 7) is 6.84. The van der Waals surface area contributed by atoms with Crippen LogP contribution in [0.1, 0.15) is 57.2 Å². The highest BCUT2D eigenvalue weighted by atomic mass is 15.2. The maximum Gasteiger partial charge on any atom is 0.148 e. The molecule has 1 unspecified atom stereocenters. The van der Waals surface area contributed by atoms with Gasteiger partial charge in [0.2, 0.25) is 0 Å². The largest absolute Gasteiger partial charge is 0.382 e. The van der Waals surface area contributed by atoms with E-state index in [9.17, 15) is 0 Å². The second kappa shape index (κ2) is 3.54. The minimum Gasteiger partial charge on any atom is -0.382 e. The number of hydrogen-bond donors (Lipinski definition) is 2. The average molecular weight is 207 g/mol. The molecule has 1 heterocycles. The minimum atomic E-state index is 0.392. The molecule has 0 aromatic carbocycles. The lowest BCUT2D eigenvalue weighted by Gasteiger charge is -2.26. The Balaban J connectivity index is 2.37. The highest BCUT2D eigenvalue weighted by Crippen LogP contribution is 2.49. The average Bonchev–Trinajstić information content (AvgIpc) is 2.68. The topological polar surface area (TPSA) is 54.7 Å². The molecule has 1 aliphatic carbocycles. The zero-order valence-electron chi connectivity index (χ0n) is 9.93. The molecule has 15 heavy (non-hydrogen) atoms. The number of hydrogen-bond acceptors (Lipinski definition) is 2. The summed E-state index contributed by atoms with van der Waals surface area (Å²) in [6, 6.07) is 0. The first kappa shape index (κ1) is 10.5. The second-order valence-corrected chi connectivity index (χ2v) is 5.29.